The van der Waals surface area contributed by atoms with E-state index in [0.717, 1.165) is 5.56 Å². The van der Waals surface area contributed by atoms with E-state index in [-0.39, 0.29) is 6.04 Å². The highest BCUT2D eigenvalue weighted by atomic mass is 32.1. The molecule has 1 nitrogen and oxygen atoms in total. The Labute approximate surface area is 116 Å². The van der Waals surface area contributed by atoms with Gasteiger partial charge in [0, 0.05) is 11.6 Å². The van der Waals surface area contributed by atoms with Crippen LogP contribution >= 0.6 is 11.3 Å². The van der Waals surface area contributed by atoms with E-state index in [9.17, 15) is 8.78 Å². The number of likely N-dealkylation sites (N-methyl/N-ethyl adjacent to an activating group) is 1. The van der Waals surface area contributed by atoms with Gasteiger partial charge in [0.1, 0.15) is 0 Å². The van der Waals surface area contributed by atoms with E-state index in [4.69, 9.17) is 0 Å². The fourth-order valence-corrected chi connectivity index (χ4v) is 2.79. The van der Waals surface area contributed by atoms with Gasteiger partial charge in [-0.3, -0.25) is 0 Å². The van der Waals surface area contributed by atoms with Crippen molar-refractivity contribution >= 4 is 11.3 Å². The summed E-state index contributed by atoms with van der Waals surface area (Å²) in [5.74, 6) is -1.48. The summed E-state index contributed by atoms with van der Waals surface area (Å²) in [7, 11) is 0. The van der Waals surface area contributed by atoms with Crippen molar-refractivity contribution in [2.75, 3.05) is 6.54 Å². The average Bonchev–Trinajstić information content (AvgIpc) is 2.89. The SMILES string of the molecule is CCNC(Cc1ccsc1)c1ccc(C)c(F)c1F. The Hall–Kier alpha value is -1.26. The molecule has 1 aromatic heterocycles. The van der Waals surface area contributed by atoms with Gasteiger partial charge in [-0.15, -0.1) is 0 Å². The lowest BCUT2D eigenvalue weighted by Gasteiger charge is -2.19. The molecular weight excluding hydrogens is 264 g/mol. The normalized spacial score (nSPS) is 12.6. The Morgan fingerprint density at radius 3 is 2.63 bits per heavy atom. The van der Waals surface area contributed by atoms with Gasteiger partial charge in [-0.2, -0.15) is 11.3 Å². The molecule has 4 heteroatoms. The quantitative estimate of drug-likeness (QED) is 0.865. The summed E-state index contributed by atoms with van der Waals surface area (Å²) in [6, 6.07) is 5.12. The van der Waals surface area contributed by atoms with E-state index in [0.29, 0.717) is 24.1 Å². The lowest BCUT2D eigenvalue weighted by molar-refractivity contribution is 0.461. The van der Waals surface area contributed by atoms with Crippen molar-refractivity contribution in [3.63, 3.8) is 0 Å². The minimum atomic E-state index is -0.745. The summed E-state index contributed by atoms with van der Waals surface area (Å²) in [5.41, 5.74) is 1.87. The van der Waals surface area contributed by atoms with E-state index < -0.39 is 11.6 Å². The van der Waals surface area contributed by atoms with E-state index in [1.165, 1.54) is 0 Å². The lowest BCUT2D eigenvalue weighted by atomic mass is 9.98. The van der Waals surface area contributed by atoms with Gasteiger partial charge < -0.3 is 5.32 Å². The smallest absolute Gasteiger partial charge is 0.163 e. The molecule has 0 saturated carbocycles. The van der Waals surface area contributed by atoms with Gasteiger partial charge in [0.05, 0.1) is 0 Å². The van der Waals surface area contributed by atoms with Crippen LogP contribution < -0.4 is 5.32 Å². The van der Waals surface area contributed by atoms with Crippen molar-refractivity contribution in [3.8, 4) is 0 Å². The Morgan fingerprint density at radius 1 is 1.21 bits per heavy atom. The highest BCUT2D eigenvalue weighted by Crippen LogP contribution is 2.25. The maximum atomic E-state index is 14.1. The number of hydrogen-bond acceptors (Lipinski definition) is 2. The van der Waals surface area contributed by atoms with Crippen LogP contribution in [0.15, 0.2) is 29.0 Å². The van der Waals surface area contributed by atoms with Crippen molar-refractivity contribution < 1.29 is 8.78 Å². The number of hydrogen-bond donors (Lipinski definition) is 1. The Kier molecular flexibility index (Phi) is 4.66. The molecule has 0 aliphatic carbocycles. The van der Waals surface area contributed by atoms with Crippen LogP contribution in [0.1, 0.15) is 29.7 Å². The highest BCUT2D eigenvalue weighted by molar-refractivity contribution is 7.07. The van der Waals surface area contributed by atoms with Crippen molar-refractivity contribution in [1.29, 1.82) is 0 Å². The number of halogens is 2. The predicted octanol–water partition coefficient (Wildman–Crippen LogP) is 4.23. The first kappa shape index (κ1) is 14.2. The summed E-state index contributed by atoms with van der Waals surface area (Å²) >= 11 is 1.61. The Bertz CT molecular complexity index is 537. The Balaban J connectivity index is 2.31. The second kappa shape index (κ2) is 6.26. The zero-order valence-corrected chi connectivity index (χ0v) is 11.9. The molecule has 102 valence electrons. The number of rotatable bonds is 5. The summed E-state index contributed by atoms with van der Waals surface area (Å²) in [5, 5.41) is 7.25. The molecule has 1 N–H and O–H groups in total. The summed E-state index contributed by atoms with van der Waals surface area (Å²) < 4.78 is 27.7. The molecule has 0 saturated heterocycles. The van der Waals surface area contributed by atoms with Crippen LogP contribution in [0.25, 0.3) is 0 Å². The van der Waals surface area contributed by atoms with E-state index in [1.807, 2.05) is 23.8 Å². The molecular formula is C15H17F2NS. The fraction of sp³-hybridized carbons (Fsp3) is 0.333. The zero-order valence-electron chi connectivity index (χ0n) is 11.0. The molecule has 2 rings (SSSR count). The maximum absolute atomic E-state index is 14.1. The molecule has 0 spiro atoms. The average molecular weight is 281 g/mol. The Morgan fingerprint density at radius 2 is 2.00 bits per heavy atom. The molecule has 1 heterocycles. The first-order chi connectivity index (χ1) is 9.13. The minimum absolute atomic E-state index is 0.199. The molecule has 0 amide bonds. The van der Waals surface area contributed by atoms with Crippen LogP contribution in [-0.2, 0) is 6.42 Å². The van der Waals surface area contributed by atoms with Crippen molar-refractivity contribution in [2.24, 2.45) is 0 Å². The van der Waals surface area contributed by atoms with Crippen LogP contribution in [-0.4, -0.2) is 6.54 Å². The second-order valence-electron chi connectivity index (χ2n) is 4.55. The number of nitrogens with one attached hydrogen (secondary N) is 1. The third-order valence-electron chi connectivity index (χ3n) is 3.15. The second-order valence-corrected chi connectivity index (χ2v) is 5.33. The molecule has 0 radical (unpaired) electrons. The molecule has 1 atom stereocenters. The van der Waals surface area contributed by atoms with E-state index in [1.54, 1.807) is 30.4 Å². The van der Waals surface area contributed by atoms with E-state index in [2.05, 4.69) is 5.32 Å². The van der Waals surface area contributed by atoms with Gasteiger partial charge in [0.15, 0.2) is 11.6 Å². The maximum Gasteiger partial charge on any atom is 0.163 e. The summed E-state index contributed by atoms with van der Waals surface area (Å²) in [6.45, 7) is 4.25. The van der Waals surface area contributed by atoms with Crippen molar-refractivity contribution in [2.45, 2.75) is 26.3 Å². The van der Waals surface area contributed by atoms with Crippen LogP contribution in [0, 0.1) is 18.6 Å². The largest absolute Gasteiger partial charge is 0.310 e. The summed E-state index contributed by atoms with van der Waals surface area (Å²) in [6.07, 6.45) is 0.663. The molecule has 0 fully saturated rings. The first-order valence-electron chi connectivity index (χ1n) is 6.32. The van der Waals surface area contributed by atoms with Gasteiger partial charge in [-0.05, 0) is 47.8 Å². The monoisotopic (exact) mass is 281 g/mol. The third-order valence-corrected chi connectivity index (χ3v) is 3.88. The van der Waals surface area contributed by atoms with Gasteiger partial charge in [-0.1, -0.05) is 19.1 Å². The molecule has 1 unspecified atom stereocenters. The van der Waals surface area contributed by atoms with Crippen molar-refractivity contribution in [3.05, 3.63) is 57.3 Å². The van der Waals surface area contributed by atoms with Gasteiger partial charge >= 0.3 is 0 Å². The summed E-state index contributed by atoms with van der Waals surface area (Å²) in [4.78, 5) is 0. The molecule has 0 aliphatic heterocycles. The zero-order chi connectivity index (χ0) is 13.8. The van der Waals surface area contributed by atoms with Crippen LogP contribution in [0.3, 0.4) is 0 Å². The van der Waals surface area contributed by atoms with Crippen molar-refractivity contribution in [1.82, 2.24) is 5.32 Å². The minimum Gasteiger partial charge on any atom is -0.310 e. The molecule has 1 aromatic carbocycles. The standard InChI is InChI=1S/C15H17F2NS/c1-3-18-13(8-11-6-7-19-9-11)12-5-4-10(2)14(16)15(12)17/h4-7,9,13,18H,3,8H2,1-2H3. The van der Waals surface area contributed by atoms with Gasteiger partial charge in [0.2, 0.25) is 0 Å². The number of benzene rings is 1. The van der Waals surface area contributed by atoms with Crippen LogP contribution in [0.5, 0.6) is 0 Å². The topological polar surface area (TPSA) is 12.0 Å². The van der Waals surface area contributed by atoms with Gasteiger partial charge in [-0.25, -0.2) is 8.78 Å². The van der Waals surface area contributed by atoms with Gasteiger partial charge in [0.25, 0.3) is 0 Å². The highest BCUT2D eigenvalue weighted by Gasteiger charge is 2.19. The first-order valence-corrected chi connectivity index (χ1v) is 7.26. The predicted molar refractivity (Wildman–Crippen MR) is 75.5 cm³/mol. The number of aryl methyl sites for hydroxylation is 1. The lowest BCUT2D eigenvalue weighted by Crippen LogP contribution is -2.24. The molecule has 2 aromatic rings. The van der Waals surface area contributed by atoms with E-state index >= 15 is 0 Å². The third kappa shape index (κ3) is 3.19. The molecule has 0 aliphatic rings. The van der Waals surface area contributed by atoms with Crippen LogP contribution in [0.2, 0.25) is 0 Å². The van der Waals surface area contributed by atoms with Crippen LogP contribution in [0.4, 0.5) is 8.78 Å². The number of thiophene rings is 1. The molecule has 0 bridgehead atoms. The molecule has 19 heavy (non-hydrogen) atoms. The fourth-order valence-electron chi connectivity index (χ4n) is 2.11.